The van der Waals surface area contributed by atoms with Gasteiger partial charge in [0.15, 0.2) is 0 Å². The number of nitrogens with one attached hydrogen (secondary N) is 1. The van der Waals surface area contributed by atoms with Gasteiger partial charge in [-0.2, -0.15) is 0 Å². The van der Waals surface area contributed by atoms with Crippen LogP contribution in [0.25, 0.3) is 0 Å². The van der Waals surface area contributed by atoms with Gasteiger partial charge in [0.25, 0.3) is 5.91 Å². The average Bonchev–Trinajstić information content (AvgIpc) is 2.62. The molecule has 1 aliphatic rings. The Kier molecular flexibility index (Phi) is 5.64. The zero-order valence-corrected chi connectivity index (χ0v) is 16.1. The Bertz CT molecular complexity index is 764. The van der Waals surface area contributed by atoms with Crippen LogP contribution in [0.3, 0.4) is 0 Å². The highest BCUT2D eigenvalue weighted by Crippen LogP contribution is 2.43. The average molecular weight is 373 g/mol. The number of halogens is 1. The van der Waals surface area contributed by atoms with Crippen molar-refractivity contribution in [3.05, 3.63) is 64.9 Å². The van der Waals surface area contributed by atoms with Crippen molar-refractivity contribution in [3.8, 4) is 0 Å². The molecule has 0 aliphatic carbocycles. The number of carbonyl (C=O) groups is 1. The molecule has 0 spiro atoms. The highest BCUT2D eigenvalue weighted by atomic mass is 35.5. The van der Waals surface area contributed by atoms with Crippen LogP contribution in [0.2, 0.25) is 5.02 Å². The van der Waals surface area contributed by atoms with Crippen LogP contribution in [0.1, 0.15) is 49.0 Å². The Labute approximate surface area is 159 Å². The number of nitrogens with zero attached hydrogens (tertiary/aromatic N) is 1. The molecule has 138 valence electrons. The molecule has 1 fully saturated rings. The SMILES string of the molecule is CC1(C)CC(CCNC(=O)c2ccncc2Cl)(c2ccccc2)CCO1. The maximum atomic E-state index is 12.4. The third-order valence-electron chi connectivity index (χ3n) is 5.13. The summed E-state index contributed by atoms with van der Waals surface area (Å²) < 4.78 is 5.94. The van der Waals surface area contributed by atoms with E-state index in [1.54, 1.807) is 12.3 Å². The molecule has 5 heteroatoms. The number of ether oxygens (including phenoxy) is 1. The zero-order valence-electron chi connectivity index (χ0n) is 15.3. The van der Waals surface area contributed by atoms with Crippen LogP contribution < -0.4 is 5.32 Å². The van der Waals surface area contributed by atoms with Gasteiger partial charge < -0.3 is 10.1 Å². The summed E-state index contributed by atoms with van der Waals surface area (Å²) in [4.78, 5) is 16.3. The van der Waals surface area contributed by atoms with Crippen LogP contribution >= 0.6 is 11.6 Å². The Morgan fingerprint density at radius 1 is 1.27 bits per heavy atom. The zero-order chi connectivity index (χ0) is 18.6. The van der Waals surface area contributed by atoms with Crippen LogP contribution in [-0.4, -0.2) is 29.6 Å². The van der Waals surface area contributed by atoms with E-state index in [1.807, 2.05) is 6.07 Å². The predicted octanol–water partition coefficient (Wildman–Crippen LogP) is 4.38. The fourth-order valence-corrected chi connectivity index (χ4v) is 4.15. The Morgan fingerprint density at radius 3 is 2.73 bits per heavy atom. The topological polar surface area (TPSA) is 51.2 Å². The summed E-state index contributed by atoms with van der Waals surface area (Å²) in [5.41, 5.74) is 1.60. The second-order valence-electron chi connectivity index (χ2n) is 7.54. The van der Waals surface area contributed by atoms with Gasteiger partial charge in [0, 0.05) is 31.0 Å². The number of pyridine rings is 1. The van der Waals surface area contributed by atoms with Gasteiger partial charge in [0.2, 0.25) is 0 Å². The molecule has 3 rings (SSSR count). The number of carbonyl (C=O) groups excluding carboxylic acids is 1. The van der Waals surface area contributed by atoms with Crippen molar-refractivity contribution in [3.63, 3.8) is 0 Å². The minimum absolute atomic E-state index is 0.00166. The number of hydrogen-bond acceptors (Lipinski definition) is 3. The lowest BCUT2D eigenvalue weighted by Gasteiger charge is -2.45. The molecule has 1 amide bonds. The Morgan fingerprint density at radius 2 is 2.04 bits per heavy atom. The van der Waals surface area contributed by atoms with Crippen LogP contribution in [0, 0.1) is 0 Å². The number of aromatic nitrogens is 1. The molecule has 4 nitrogen and oxygen atoms in total. The Hall–Kier alpha value is -1.91. The second kappa shape index (κ2) is 7.77. The van der Waals surface area contributed by atoms with Gasteiger partial charge in [-0.3, -0.25) is 9.78 Å². The van der Waals surface area contributed by atoms with Crippen molar-refractivity contribution >= 4 is 17.5 Å². The van der Waals surface area contributed by atoms with Crippen molar-refractivity contribution in [1.29, 1.82) is 0 Å². The molecule has 1 aromatic heterocycles. The lowest BCUT2D eigenvalue weighted by atomic mass is 9.67. The fourth-order valence-electron chi connectivity index (χ4n) is 3.94. The molecule has 1 aromatic carbocycles. The van der Waals surface area contributed by atoms with E-state index in [2.05, 4.69) is 48.4 Å². The molecular weight excluding hydrogens is 348 g/mol. The molecule has 0 bridgehead atoms. The number of amides is 1. The van der Waals surface area contributed by atoms with Crippen molar-refractivity contribution < 1.29 is 9.53 Å². The predicted molar refractivity (Wildman–Crippen MR) is 104 cm³/mol. The molecule has 1 atom stereocenters. The van der Waals surface area contributed by atoms with Gasteiger partial charge in [-0.15, -0.1) is 0 Å². The van der Waals surface area contributed by atoms with Crippen LogP contribution in [0.15, 0.2) is 48.8 Å². The normalized spacial score (nSPS) is 22.0. The van der Waals surface area contributed by atoms with Gasteiger partial charge in [-0.25, -0.2) is 0 Å². The van der Waals surface area contributed by atoms with Crippen LogP contribution in [0.4, 0.5) is 0 Å². The van der Waals surface area contributed by atoms with Gasteiger partial charge in [0.1, 0.15) is 0 Å². The molecule has 1 saturated heterocycles. The van der Waals surface area contributed by atoms with Crippen molar-refractivity contribution in [2.75, 3.05) is 13.2 Å². The molecule has 2 heterocycles. The van der Waals surface area contributed by atoms with E-state index in [4.69, 9.17) is 16.3 Å². The lowest BCUT2D eigenvalue weighted by Crippen LogP contribution is -2.45. The highest BCUT2D eigenvalue weighted by molar-refractivity contribution is 6.33. The highest BCUT2D eigenvalue weighted by Gasteiger charge is 2.41. The fraction of sp³-hybridized carbons (Fsp3) is 0.429. The molecule has 1 N–H and O–H groups in total. The van der Waals surface area contributed by atoms with E-state index in [9.17, 15) is 4.79 Å². The summed E-state index contributed by atoms with van der Waals surface area (Å²) in [6.45, 7) is 5.59. The summed E-state index contributed by atoms with van der Waals surface area (Å²) in [7, 11) is 0. The second-order valence-corrected chi connectivity index (χ2v) is 7.95. The lowest BCUT2D eigenvalue weighted by molar-refractivity contribution is -0.0838. The summed E-state index contributed by atoms with van der Waals surface area (Å²) in [6, 6.07) is 12.2. The molecule has 1 unspecified atom stereocenters. The van der Waals surface area contributed by atoms with Gasteiger partial charge in [-0.1, -0.05) is 41.9 Å². The van der Waals surface area contributed by atoms with E-state index < -0.39 is 0 Å². The Balaban J connectivity index is 1.73. The summed E-state index contributed by atoms with van der Waals surface area (Å²) >= 11 is 6.07. The minimum atomic E-state index is -0.174. The largest absolute Gasteiger partial charge is 0.376 e. The molecule has 0 radical (unpaired) electrons. The molecule has 26 heavy (non-hydrogen) atoms. The first-order valence-electron chi connectivity index (χ1n) is 8.99. The third-order valence-corrected chi connectivity index (χ3v) is 5.43. The van der Waals surface area contributed by atoms with Crippen molar-refractivity contribution in [2.45, 2.75) is 44.1 Å². The van der Waals surface area contributed by atoms with E-state index in [0.29, 0.717) is 17.1 Å². The van der Waals surface area contributed by atoms with Gasteiger partial charge in [-0.05, 0) is 44.7 Å². The third kappa shape index (κ3) is 4.25. The molecular formula is C21H25ClN2O2. The maximum absolute atomic E-state index is 12.4. The van der Waals surface area contributed by atoms with Crippen LogP contribution in [-0.2, 0) is 10.2 Å². The quantitative estimate of drug-likeness (QED) is 0.847. The van der Waals surface area contributed by atoms with Gasteiger partial charge >= 0.3 is 0 Å². The van der Waals surface area contributed by atoms with E-state index in [-0.39, 0.29) is 16.9 Å². The van der Waals surface area contributed by atoms with E-state index in [1.165, 1.54) is 11.8 Å². The number of benzene rings is 1. The standard InChI is InChI=1S/C21H25ClN2O2/c1-20(2)15-21(10-13-26-20,16-6-4-3-5-7-16)9-12-24-19(25)17-8-11-23-14-18(17)22/h3-8,11,14H,9-10,12-13,15H2,1-2H3,(H,24,25). The van der Waals surface area contributed by atoms with Crippen molar-refractivity contribution in [1.82, 2.24) is 10.3 Å². The first-order valence-corrected chi connectivity index (χ1v) is 9.37. The summed E-state index contributed by atoms with van der Waals surface area (Å²) in [5, 5.41) is 3.39. The first-order chi connectivity index (χ1) is 12.4. The maximum Gasteiger partial charge on any atom is 0.252 e. The minimum Gasteiger partial charge on any atom is -0.376 e. The van der Waals surface area contributed by atoms with E-state index >= 15 is 0 Å². The van der Waals surface area contributed by atoms with Gasteiger partial charge in [0.05, 0.1) is 16.2 Å². The monoisotopic (exact) mass is 372 g/mol. The number of rotatable bonds is 5. The molecule has 2 aromatic rings. The van der Waals surface area contributed by atoms with Crippen molar-refractivity contribution in [2.24, 2.45) is 0 Å². The smallest absolute Gasteiger partial charge is 0.252 e. The summed E-state index contributed by atoms with van der Waals surface area (Å²) in [5.74, 6) is -0.160. The molecule has 1 aliphatic heterocycles. The molecule has 0 saturated carbocycles. The summed E-state index contributed by atoms with van der Waals surface area (Å²) in [6.07, 6.45) is 5.80. The number of hydrogen-bond donors (Lipinski definition) is 1. The van der Waals surface area contributed by atoms with Crippen LogP contribution in [0.5, 0.6) is 0 Å². The first kappa shape index (κ1) is 18.9. The van der Waals surface area contributed by atoms with E-state index in [0.717, 1.165) is 25.9 Å².